The predicted octanol–water partition coefficient (Wildman–Crippen LogP) is 1.23. The van der Waals surface area contributed by atoms with Crippen LogP contribution in [0.5, 0.6) is 0 Å². The maximum absolute atomic E-state index is 13.4. The molecule has 7 heteroatoms. The lowest BCUT2D eigenvalue weighted by Gasteiger charge is -2.10. The number of rotatable bonds is 3. The van der Waals surface area contributed by atoms with Gasteiger partial charge in [0.15, 0.2) is 11.6 Å². The number of hydrogen-bond acceptors (Lipinski definition) is 6. The van der Waals surface area contributed by atoms with E-state index in [1.165, 1.54) is 12.4 Å². The molecule has 0 amide bonds. The van der Waals surface area contributed by atoms with Crippen molar-refractivity contribution in [3.63, 3.8) is 0 Å². The van der Waals surface area contributed by atoms with E-state index in [1.54, 1.807) is 18.2 Å². The molecule has 17 heavy (non-hydrogen) atoms. The predicted molar refractivity (Wildman–Crippen MR) is 63.9 cm³/mol. The minimum Gasteiger partial charge on any atom is -0.393 e. The summed E-state index contributed by atoms with van der Waals surface area (Å²) in [6, 6.07) is 6.20. The lowest BCUT2D eigenvalue weighted by molar-refractivity contribution is 0.632. The second kappa shape index (κ2) is 4.62. The summed E-state index contributed by atoms with van der Waals surface area (Å²) in [5, 5.41) is 2.77. The van der Waals surface area contributed by atoms with Gasteiger partial charge in [-0.15, -0.1) is 0 Å². The van der Waals surface area contributed by atoms with Crippen LogP contribution in [0.1, 0.15) is 0 Å². The second-order valence-electron chi connectivity index (χ2n) is 3.23. The fraction of sp³-hybridized carbons (Fsp3) is 0. The number of nitrogen functional groups attached to an aromatic ring is 2. The molecule has 0 atom stereocenters. The van der Waals surface area contributed by atoms with Crippen molar-refractivity contribution in [3.8, 4) is 0 Å². The lowest BCUT2D eigenvalue weighted by Crippen LogP contribution is -2.12. The van der Waals surface area contributed by atoms with E-state index in [1.807, 2.05) is 0 Å². The molecule has 2 rings (SSSR count). The van der Waals surface area contributed by atoms with E-state index in [9.17, 15) is 4.39 Å². The van der Waals surface area contributed by atoms with Gasteiger partial charge in [0.2, 0.25) is 0 Å². The molecule has 0 radical (unpaired) electrons. The van der Waals surface area contributed by atoms with Crippen molar-refractivity contribution in [2.24, 2.45) is 5.84 Å². The van der Waals surface area contributed by atoms with E-state index in [2.05, 4.69) is 20.7 Å². The van der Waals surface area contributed by atoms with Crippen LogP contribution >= 0.6 is 0 Å². The van der Waals surface area contributed by atoms with Crippen LogP contribution in [0.25, 0.3) is 0 Å². The molecule has 6 nitrogen and oxygen atoms in total. The van der Waals surface area contributed by atoms with Crippen LogP contribution in [-0.4, -0.2) is 9.97 Å². The first-order chi connectivity index (χ1) is 8.22. The van der Waals surface area contributed by atoms with Gasteiger partial charge in [0, 0.05) is 0 Å². The van der Waals surface area contributed by atoms with Crippen molar-refractivity contribution in [2.45, 2.75) is 0 Å². The van der Waals surface area contributed by atoms with Gasteiger partial charge in [-0.05, 0) is 12.1 Å². The molecular formula is C10H11FN6. The Morgan fingerprint density at radius 3 is 2.53 bits per heavy atom. The molecule has 1 aromatic carbocycles. The molecule has 0 aliphatic heterocycles. The Morgan fingerprint density at radius 1 is 1.12 bits per heavy atom. The number of aromatic nitrogens is 2. The number of para-hydroxylation sites is 1. The molecular weight excluding hydrogens is 223 g/mol. The number of nitrogens with zero attached hydrogens (tertiary/aromatic N) is 2. The first-order valence-electron chi connectivity index (χ1n) is 4.81. The van der Waals surface area contributed by atoms with Crippen LogP contribution in [-0.2, 0) is 0 Å². The molecule has 0 bridgehead atoms. The summed E-state index contributed by atoms with van der Waals surface area (Å²) in [6.45, 7) is 0. The molecule has 1 heterocycles. The Kier molecular flexibility index (Phi) is 3.01. The van der Waals surface area contributed by atoms with Gasteiger partial charge < -0.3 is 16.5 Å². The van der Waals surface area contributed by atoms with E-state index in [0.29, 0.717) is 0 Å². The standard InChI is InChI=1S/C10H11FN6/c11-6-3-1-2-4-7(6)16-9-8(12)10(17-13)15-5-14-9/h1-5H,12-13H2,(H2,14,15,16,17). The molecule has 0 unspecified atom stereocenters. The molecule has 0 aliphatic carbocycles. The maximum Gasteiger partial charge on any atom is 0.168 e. The van der Waals surface area contributed by atoms with Crippen LogP contribution in [0, 0.1) is 5.82 Å². The van der Waals surface area contributed by atoms with Crippen LogP contribution in [0.3, 0.4) is 0 Å². The van der Waals surface area contributed by atoms with E-state index in [4.69, 9.17) is 11.6 Å². The maximum atomic E-state index is 13.4. The van der Waals surface area contributed by atoms with Crippen LogP contribution in [0.2, 0.25) is 0 Å². The van der Waals surface area contributed by atoms with E-state index in [-0.39, 0.29) is 23.0 Å². The largest absolute Gasteiger partial charge is 0.393 e. The Balaban J connectivity index is 2.34. The monoisotopic (exact) mass is 234 g/mol. The number of nitrogens with two attached hydrogens (primary N) is 2. The highest BCUT2D eigenvalue weighted by molar-refractivity contribution is 5.77. The van der Waals surface area contributed by atoms with Crippen LogP contribution in [0.4, 0.5) is 27.4 Å². The molecule has 1 aromatic heterocycles. The summed E-state index contributed by atoms with van der Waals surface area (Å²) >= 11 is 0. The van der Waals surface area contributed by atoms with Gasteiger partial charge in [0.1, 0.15) is 17.8 Å². The van der Waals surface area contributed by atoms with Crippen LogP contribution < -0.4 is 22.3 Å². The van der Waals surface area contributed by atoms with Gasteiger partial charge in [-0.1, -0.05) is 12.1 Å². The molecule has 0 saturated carbocycles. The van der Waals surface area contributed by atoms with Gasteiger partial charge in [-0.2, -0.15) is 0 Å². The Bertz CT molecular complexity index is 530. The third-order valence-corrected chi connectivity index (χ3v) is 2.15. The third kappa shape index (κ3) is 2.23. The highest BCUT2D eigenvalue weighted by atomic mass is 19.1. The Hall–Kier alpha value is -2.41. The third-order valence-electron chi connectivity index (χ3n) is 2.15. The van der Waals surface area contributed by atoms with Crippen molar-refractivity contribution >= 4 is 23.0 Å². The zero-order valence-corrected chi connectivity index (χ0v) is 8.81. The molecule has 0 aliphatic rings. The van der Waals surface area contributed by atoms with Crippen LogP contribution in [0.15, 0.2) is 30.6 Å². The van der Waals surface area contributed by atoms with Gasteiger partial charge >= 0.3 is 0 Å². The fourth-order valence-corrected chi connectivity index (χ4v) is 1.30. The van der Waals surface area contributed by atoms with Gasteiger partial charge in [-0.25, -0.2) is 20.2 Å². The minimum atomic E-state index is -0.396. The topological polar surface area (TPSA) is 102 Å². The number of nitrogens with one attached hydrogen (secondary N) is 2. The fourth-order valence-electron chi connectivity index (χ4n) is 1.30. The summed E-state index contributed by atoms with van der Waals surface area (Å²) in [5.74, 6) is 5.39. The molecule has 2 aromatic rings. The van der Waals surface area contributed by atoms with Crippen molar-refractivity contribution in [1.82, 2.24) is 9.97 Å². The smallest absolute Gasteiger partial charge is 0.168 e. The molecule has 88 valence electrons. The first kappa shape index (κ1) is 11.1. The highest BCUT2D eigenvalue weighted by Crippen LogP contribution is 2.25. The van der Waals surface area contributed by atoms with Crippen molar-refractivity contribution < 1.29 is 4.39 Å². The number of benzene rings is 1. The number of halogens is 1. The zero-order valence-electron chi connectivity index (χ0n) is 8.81. The number of hydrazine groups is 1. The van der Waals surface area contributed by atoms with Crippen molar-refractivity contribution in [3.05, 3.63) is 36.4 Å². The highest BCUT2D eigenvalue weighted by Gasteiger charge is 2.08. The van der Waals surface area contributed by atoms with Gasteiger partial charge in [-0.3, -0.25) is 0 Å². The molecule has 0 saturated heterocycles. The first-order valence-corrected chi connectivity index (χ1v) is 4.81. The van der Waals surface area contributed by atoms with E-state index < -0.39 is 5.82 Å². The Labute approximate surface area is 96.8 Å². The van der Waals surface area contributed by atoms with Crippen molar-refractivity contribution in [2.75, 3.05) is 16.5 Å². The summed E-state index contributed by atoms with van der Waals surface area (Å²) in [4.78, 5) is 7.73. The van der Waals surface area contributed by atoms with Gasteiger partial charge in [0.05, 0.1) is 5.69 Å². The summed E-state index contributed by atoms with van der Waals surface area (Å²) in [6.07, 6.45) is 1.27. The molecule has 6 N–H and O–H groups in total. The Morgan fingerprint density at radius 2 is 1.82 bits per heavy atom. The normalized spacial score (nSPS) is 10.0. The average Bonchev–Trinajstić information content (AvgIpc) is 2.34. The van der Waals surface area contributed by atoms with Crippen molar-refractivity contribution in [1.29, 1.82) is 0 Å². The zero-order chi connectivity index (χ0) is 12.3. The number of hydrogen-bond donors (Lipinski definition) is 4. The number of anilines is 4. The van der Waals surface area contributed by atoms with Gasteiger partial charge in [0.25, 0.3) is 0 Å². The molecule has 0 fully saturated rings. The minimum absolute atomic E-state index is 0.221. The average molecular weight is 234 g/mol. The summed E-state index contributed by atoms with van der Waals surface area (Å²) in [7, 11) is 0. The SMILES string of the molecule is NNc1ncnc(Nc2ccccc2F)c1N. The van der Waals surface area contributed by atoms with E-state index >= 15 is 0 Å². The molecule has 0 spiro atoms. The van der Waals surface area contributed by atoms with E-state index in [0.717, 1.165) is 0 Å². The summed E-state index contributed by atoms with van der Waals surface area (Å²) in [5.41, 5.74) is 8.56. The second-order valence-corrected chi connectivity index (χ2v) is 3.23. The summed E-state index contributed by atoms with van der Waals surface area (Å²) < 4.78 is 13.4. The quantitative estimate of drug-likeness (QED) is 0.470. The lowest BCUT2D eigenvalue weighted by atomic mass is 10.3.